The second-order valence-corrected chi connectivity index (χ2v) is 8.66. The molecular formula is C28H28N6O. The topological polar surface area (TPSA) is 95.6 Å². The van der Waals surface area contributed by atoms with Crippen molar-refractivity contribution in [1.29, 1.82) is 5.26 Å². The molecule has 0 bridgehead atoms. The summed E-state index contributed by atoms with van der Waals surface area (Å²) in [6.45, 7) is 4.67. The van der Waals surface area contributed by atoms with E-state index in [1.807, 2.05) is 80.8 Å². The van der Waals surface area contributed by atoms with E-state index in [1.165, 1.54) is 0 Å². The van der Waals surface area contributed by atoms with Crippen molar-refractivity contribution in [3.63, 3.8) is 0 Å². The van der Waals surface area contributed by atoms with Gasteiger partial charge in [-0.15, -0.1) is 0 Å². The third-order valence-electron chi connectivity index (χ3n) is 6.01. The summed E-state index contributed by atoms with van der Waals surface area (Å²) in [5.74, 6) is 0.480. The average Bonchev–Trinajstić information content (AvgIpc) is 3.30. The fraction of sp³-hybridized carbons (Fsp3) is 0.214. The molecule has 35 heavy (non-hydrogen) atoms. The summed E-state index contributed by atoms with van der Waals surface area (Å²) < 4.78 is 1.75. The van der Waals surface area contributed by atoms with E-state index >= 15 is 0 Å². The number of hydrogen-bond donors (Lipinski definition) is 2. The zero-order chi connectivity index (χ0) is 24.8. The van der Waals surface area contributed by atoms with Gasteiger partial charge in [0, 0.05) is 37.1 Å². The van der Waals surface area contributed by atoms with Crippen LogP contribution in [0.25, 0.3) is 11.1 Å². The Morgan fingerprint density at radius 1 is 1.09 bits per heavy atom. The molecular weight excluding hydrogens is 436 g/mol. The molecule has 4 aromatic rings. The zero-order valence-corrected chi connectivity index (χ0v) is 20.1. The van der Waals surface area contributed by atoms with Crippen LogP contribution in [0.3, 0.4) is 0 Å². The van der Waals surface area contributed by atoms with Crippen molar-refractivity contribution in [1.82, 2.24) is 20.1 Å². The molecule has 7 heteroatoms. The van der Waals surface area contributed by atoms with Crippen LogP contribution >= 0.6 is 0 Å². The molecule has 2 heterocycles. The van der Waals surface area contributed by atoms with Crippen molar-refractivity contribution in [2.24, 2.45) is 7.05 Å². The maximum Gasteiger partial charge on any atom is 0.247 e. The minimum Gasteiger partial charge on any atom is -0.309 e. The first-order valence-electron chi connectivity index (χ1n) is 11.5. The SMILES string of the molecule is Cc1cc(NC(=O)[C@H](NC[C@@H](C)c2ccc(C#N)cc2)c2ccccc2)ncc1-c1cnn(C)c1. The monoisotopic (exact) mass is 464 g/mol. The Morgan fingerprint density at radius 3 is 2.46 bits per heavy atom. The van der Waals surface area contributed by atoms with Gasteiger partial charge in [0.05, 0.1) is 17.8 Å². The number of carbonyl (C=O) groups excluding carboxylic acids is 1. The summed E-state index contributed by atoms with van der Waals surface area (Å²) in [5.41, 5.74) is 5.57. The van der Waals surface area contributed by atoms with Crippen LogP contribution in [0.4, 0.5) is 5.82 Å². The molecule has 2 atom stereocenters. The van der Waals surface area contributed by atoms with Gasteiger partial charge in [0.25, 0.3) is 0 Å². The third-order valence-corrected chi connectivity index (χ3v) is 6.01. The van der Waals surface area contributed by atoms with E-state index in [9.17, 15) is 4.79 Å². The van der Waals surface area contributed by atoms with Gasteiger partial charge < -0.3 is 10.6 Å². The number of aromatic nitrogens is 3. The normalized spacial score (nSPS) is 12.5. The quantitative estimate of drug-likeness (QED) is 0.393. The number of benzene rings is 2. The summed E-state index contributed by atoms with van der Waals surface area (Å²) in [4.78, 5) is 17.8. The molecule has 0 saturated heterocycles. The summed E-state index contributed by atoms with van der Waals surface area (Å²) in [6, 6.07) is 20.7. The van der Waals surface area contributed by atoms with E-state index in [-0.39, 0.29) is 11.8 Å². The number of rotatable bonds is 8. The van der Waals surface area contributed by atoms with Gasteiger partial charge in [-0.05, 0) is 47.7 Å². The third kappa shape index (κ3) is 5.81. The second-order valence-electron chi connectivity index (χ2n) is 8.66. The number of amides is 1. The van der Waals surface area contributed by atoms with Gasteiger partial charge in [-0.3, -0.25) is 9.48 Å². The minimum absolute atomic E-state index is 0.154. The van der Waals surface area contributed by atoms with Gasteiger partial charge in [-0.25, -0.2) is 4.98 Å². The highest BCUT2D eigenvalue weighted by molar-refractivity contribution is 5.95. The fourth-order valence-electron chi connectivity index (χ4n) is 3.99. The van der Waals surface area contributed by atoms with Gasteiger partial charge in [0.15, 0.2) is 0 Å². The first-order chi connectivity index (χ1) is 16.9. The first kappa shape index (κ1) is 23.9. The predicted molar refractivity (Wildman–Crippen MR) is 137 cm³/mol. The van der Waals surface area contributed by atoms with E-state index < -0.39 is 6.04 Å². The van der Waals surface area contributed by atoms with Crippen LogP contribution in [-0.2, 0) is 11.8 Å². The van der Waals surface area contributed by atoms with E-state index in [4.69, 9.17) is 5.26 Å². The fourth-order valence-corrected chi connectivity index (χ4v) is 3.99. The summed E-state index contributed by atoms with van der Waals surface area (Å²) >= 11 is 0. The van der Waals surface area contributed by atoms with Gasteiger partial charge in [-0.1, -0.05) is 49.4 Å². The van der Waals surface area contributed by atoms with Crippen LogP contribution in [0.2, 0.25) is 0 Å². The molecule has 0 unspecified atom stereocenters. The number of aryl methyl sites for hydroxylation is 2. The molecule has 1 amide bonds. The summed E-state index contributed by atoms with van der Waals surface area (Å²) in [7, 11) is 1.87. The van der Waals surface area contributed by atoms with E-state index in [2.05, 4.69) is 33.7 Å². The standard InChI is InChI=1S/C28H28N6O/c1-19-13-26(30-17-25(19)24-16-32-34(3)18-24)33-28(35)27(23-7-5-4-6-8-23)31-15-20(2)22-11-9-21(14-29)10-12-22/h4-13,16-18,20,27,31H,15H2,1-3H3,(H,30,33,35)/t20-,27-/m1/s1. The Morgan fingerprint density at radius 2 is 1.83 bits per heavy atom. The molecule has 0 aliphatic rings. The molecule has 0 spiro atoms. The van der Waals surface area contributed by atoms with Crippen molar-refractivity contribution in [2.45, 2.75) is 25.8 Å². The van der Waals surface area contributed by atoms with Crippen LogP contribution < -0.4 is 10.6 Å². The number of anilines is 1. The highest BCUT2D eigenvalue weighted by Crippen LogP contribution is 2.25. The lowest BCUT2D eigenvalue weighted by Gasteiger charge is -2.21. The molecule has 0 saturated carbocycles. The van der Waals surface area contributed by atoms with Gasteiger partial charge in [-0.2, -0.15) is 10.4 Å². The van der Waals surface area contributed by atoms with Crippen LogP contribution in [-0.4, -0.2) is 27.2 Å². The van der Waals surface area contributed by atoms with Crippen LogP contribution in [0, 0.1) is 18.3 Å². The second kappa shape index (κ2) is 10.8. The maximum absolute atomic E-state index is 13.4. The predicted octanol–water partition coefficient (Wildman–Crippen LogP) is 4.74. The average molecular weight is 465 g/mol. The lowest BCUT2D eigenvalue weighted by molar-refractivity contribution is -0.118. The number of nitrogens with zero attached hydrogens (tertiary/aromatic N) is 4. The molecule has 0 fully saturated rings. The number of carbonyl (C=O) groups is 1. The van der Waals surface area contributed by atoms with E-state index in [1.54, 1.807) is 17.1 Å². The summed E-state index contributed by atoms with van der Waals surface area (Å²) in [5, 5.41) is 19.6. The molecule has 2 aromatic carbocycles. The highest BCUT2D eigenvalue weighted by atomic mass is 16.2. The Hall–Kier alpha value is -4.28. The number of pyridine rings is 1. The molecule has 0 aliphatic carbocycles. The smallest absolute Gasteiger partial charge is 0.247 e. The Bertz CT molecular complexity index is 1340. The number of nitriles is 1. The zero-order valence-electron chi connectivity index (χ0n) is 20.1. The van der Waals surface area contributed by atoms with Crippen molar-refractivity contribution < 1.29 is 4.79 Å². The Labute approximate surface area is 205 Å². The van der Waals surface area contributed by atoms with E-state index in [0.717, 1.165) is 27.8 Å². The molecule has 0 aliphatic heterocycles. The maximum atomic E-state index is 13.4. The highest BCUT2D eigenvalue weighted by Gasteiger charge is 2.22. The Balaban J connectivity index is 1.49. The van der Waals surface area contributed by atoms with Crippen LogP contribution in [0.15, 0.2) is 79.3 Å². The molecule has 7 nitrogen and oxygen atoms in total. The van der Waals surface area contributed by atoms with Crippen LogP contribution in [0.1, 0.15) is 41.1 Å². The van der Waals surface area contributed by atoms with Gasteiger partial charge in [0.2, 0.25) is 5.91 Å². The molecule has 4 rings (SSSR count). The first-order valence-corrected chi connectivity index (χ1v) is 11.5. The number of nitrogens with one attached hydrogen (secondary N) is 2. The minimum atomic E-state index is -0.544. The van der Waals surface area contributed by atoms with Crippen molar-refractivity contribution in [3.8, 4) is 17.2 Å². The number of hydrogen-bond acceptors (Lipinski definition) is 5. The van der Waals surface area contributed by atoms with Crippen LogP contribution in [0.5, 0.6) is 0 Å². The van der Waals surface area contributed by atoms with Gasteiger partial charge >= 0.3 is 0 Å². The molecule has 176 valence electrons. The largest absolute Gasteiger partial charge is 0.309 e. The lowest BCUT2D eigenvalue weighted by atomic mass is 9.98. The lowest BCUT2D eigenvalue weighted by Crippen LogP contribution is -2.35. The molecule has 0 radical (unpaired) electrons. The van der Waals surface area contributed by atoms with Crippen molar-refractivity contribution >= 4 is 11.7 Å². The van der Waals surface area contributed by atoms with Crippen molar-refractivity contribution in [2.75, 3.05) is 11.9 Å². The molecule has 2 N–H and O–H groups in total. The molecule has 2 aromatic heterocycles. The van der Waals surface area contributed by atoms with Gasteiger partial charge in [0.1, 0.15) is 11.9 Å². The van der Waals surface area contributed by atoms with Crippen molar-refractivity contribution in [3.05, 3.63) is 102 Å². The van der Waals surface area contributed by atoms with E-state index in [0.29, 0.717) is 17.9 Å². The Kier molecular flexibility index (Phi) is 7.34. The summed E-state index contributed by atoms with van der Waals surface area (Å²) in [6.07, 6.45) is 5.50.